The number of thiocarbonyl (C=S) groups is 1. The fourth-order valence-corrected chi connectivity index (χ4v) is 4.83. The monoisotopic (exact) mass is 570 g/mol. The van der Waals surface area contributed by atoms with Crippen LogP contribution in [0.5, 0.6) is 5.75 Å². The molecule has 2 amide bonds. The molecule has 0 bridgehead atoms. The molecular formula is C29H35FN4O5S. The normalized spacial score (nSPS) is 17.4. The highest BCUT2D eigenvalue weighted by atomic mass is 32.1. The Labute approximate surface area is 239 Å². The van der Waals surface area contributed by atoms with Crippen LogP contribution in [0.2, 0.25) is 0 Å². The van der Waals surface area contributed by atoms with E-state index in [9.17, 15) is 14.0 Å². The molecule has 1 atom stereocenters. The molecule has 1 aromatic carbocycles. The van der Waals surface area contributed by atoms with Gasteiger partial charge in [-0.3, -0.25) is 9.78 Å². The van der Waals surface area contributed by atoms with Crippen LogP contribution in [-0.2, 0) is 20.9 Å². The summed E-state index contributed by atoms with van der Waals surface area (Å²) in [6, 6.07) is 6.30. The predicted octanol–water partition coefficient (Wildman–Crippen LogP) is 5.04. The Kier molecular flexibility index (Phi) is 9.24. The highest BCUT2D eigenvalue weighted by molar-refractivity contribution is 7.81. The molecule has 2 aliphatic heterocycles. The lowest BCUT2D eigenvalue weighted by molar-refractivity contribution is -0.117. The summed E-state index contributed by atoms with van der Waals surface area (Å²) in [6.07, 6.45) is 5.02. The third-order valence-electron chi connectivity index (χ3n) is 6.59. The number of likely N-dealkylation sites (tertiary alicyclic amines) is 1. The van der Waals surface area contributed by atoms with Crippen molar-refractivity contribution in [2.24, 2.45) is 0 Å². The molecule has 2 aliphatic rings. The van der Waals surface area contributed by atoms with Crippen LogP contribution in [0.4, 0.5) is 14.9 Å². The maximum Gasteiger partial charge on any atom is 0.410 e. The second-order valence-corrected chi connectivity index (χ2v) is 11.1. The number of hydrogen-bond donors (Lipinski definition) is 2. The smallest absolute Gasteiger partial charge is 0.410 e. The van der Waals surface area contributed by atoms with Gasteiger partial charge in [0, 0.05) is 42.5 Å². The summed E-state index contributed by atoms with van der Waals surface area (Å²) in [7, 11) is 0. The molecule has 1 saturated heterocycles. The van der Waals surface area contributed by atoms with Crippen LogP contribution in [0.15, 0.2) is 48.0 Å². The summed E-state index contributed by atoms with van der Waals surface area (Å²) in [6.45, 7) is 8.59. The van der Waals surface area contributed by atoms with E-state index >= 15 is 0 Å². The van der Waals surface area contributed by atoms with Gasteiger partial charge in [0.2, 0.25) is 0 Å². The quantitative estimate of drug-likeness (QED) is 0.426. The van der Waals surface area contributed by atoms with Crippen molar-refractivity contribution in [3.8, 4) is 5.75 Å². The average molecular weight is 571 g/mol. The van der Waals surface area contributed by atoms with Gasteiger partial charge in [-0.2, -0.15) is 0 Å². The minimum absolute atomic E-state index is 0.116. The van der Waals surface area contributed by atoms with Gasteiger partial charge in [-0.1, -0.05) is 18.3 Å². The number of carbonyl (C=O) groups is 2. The third-order valence-corrected chi connectivity index (χ3v) is 6.90. The van der Waals surface area contributed by atoms with Crippen LogP contribution >= 0.6 is 12.2 Å². The first-order chi connectivity index (χ1) is 19.0. The molecule has 11 heteroatoms. The first kappa shape index (κ1) is 29.3. The van der Waals surface area contributed by atoms with Crippen LogP contribution < -0.4 is 15.4 Å². The maximum absolute atomic E-state index is 14.0. The summed E-state index contributed by atoms with van der Waals surface area (Å²) in [5.41, 5.74) is 1.24. The molecule has 40 heavy (non-hydrogen) atoms. The average Bonchev–Trinajstić information content (AvgIpc) is 3.37. The molecule has 9 nitrogen and oxygen atoms in total. The number of halogens is 1. The van der Waals surface area contributed by atoms with E-state index in [1.165, 1.54) is 6.07 Å². The second kappa shape index (κ2) is 12.6. The van der Waals surface area contributed by atoms with Crippen molar-refractivity contribution in [2.45, 2.75) is 65.2 Å². The summed E-state index contributed by atoms with van der Waals surface area (Å²) in [5, 5.41) is 5.77. The number of rotatable bonds is 8. The molecule has 2 N–H and O–H groups in total. The number of nitrogens with zero attached hydrogens (tertiary/aromatic N) is 2. The SMILES string of the molecule is Cc1c(F)cccc1NC(=S)C1=C(OCc2ccncc2OC[C@@H]2CCCN2C(=O)OC(C)(C)C)CCNC1=O. The van der Waals surface area contributed by atoms with Crippen molar-refractivity contribution >= 4 is 34.9 Å². The predicted molar refractivity (Wildman–Crippen MR) is 152 cm³/mol. The van der Waals surface area contributed by atoms with E-state index in [4.69, 9.17) is 26.4 Å². The van der Waals surface area contributed by atoms with Gasteiger partial charge in [0.05, 0.1) is 12.2 Å². The zero-order chi connectivity index (χ0) is 28.9. The molecule has 214 valence electrons. The first-order valence-electron chi connectivity index (χ1n) is 13.3. The van der Waals surface area contributed by atoms with Crippen LogP contribution in [0.25, 0.3) is 0 Å². The number of aromatic nitrogens is 1. The van der Waals surface area contributed by atoms with E-state index in [0.717, 1.165) is 18.4 Å². The largest absolute Gasteiger partial charge is 0.492 e. The van der Waals surface area contributed by atoms with Crippen molar-refractivity contribution in [2.75, 3.05) is 25.0 Å². The van der Waals surface area contributed by atoms with Crippen molar-refractivity contribution in [3.05, 3.63) is 64.9 Å². The highest BCUT2D eigenvalue weighted by Crippen LogP contribution is 2.26. The molecule has 1 aromatic heterocycles. The Hall–Kier alpha value is -3.73. The van der Waals surface area contributed by atoms with E-state index in [1.54, 1.807) is 42.4 Å². The third kappa shape index (κ3) is 7.26. The first-order valence-corrected chi connectivity index (χ1v) is 13.7. The fraction of sp³-hybridized carbons (Fsp3) is 0.448. The number of nitrogens with one attached hydrogen (secondary N) is 2. The van der Waals surface area contributed by atoms with Crippen LogP contribution in [0.3, 0.4) is 0 Å². The van der Waals surface area contributed by atoms with Crippen LogP contribution in [0.1, 0.15) is 51.2 Å². The lowest BCUT2D eigenvalue weighted by atomic mass is 10.1. The Balaban J connectivity index is 1.44. The number of pyridine rings is 1. The summed E-state index contributed by atoms with van der Waals surface area (Å²) >= 11 is 5.53. The Morgan fingerprint density at radius 3 is 2.85 bits per heavy atom. The van der Waals surface area contributed by atoms with Crippen molar-refractivity contribution in [1.82, 2.24) is 15.2 Å². The number of anilines is 1. The van der Waals surface area contributed by atoms with Gasteiger partial charge in [0.1, 0.15) is 46.7 Å². The molecule has 0 aliphatic carbocycles. The standard InChI is InChI=1S/C29H35FN4O5S/c1-18-21(30)8-5-9-22(18)33-27(40)25-23(11-13-32-26(25)35)37-16-19-10-12-31-15-24(19)38-17-20-7-6-14-34(20)28(36)39-29(2,3)4/h5,8-10,12,15,20H,6-7,11,13-14,16-17H2,1-4H3,(H,32,35)(H,33,40)/t20-/m0/s1. The lowest BCUT2D eigenvalue weighted by Crippen LogP contribution is -2.42. The van der Waals surface area contributed by atoms with E-state index in [2.05, 4.69) is 15.6 Å². The molecule has 0 spiro atoms. The van der Waals surface area contributed by atoms with Crippen molar-refractivity contribution in [3.63, 3.8) is 0 Å². The summed E-state index contributed by atoms with van der Waals surface area (Å²) < 4.78 is 31.8. The lowest BCUT2D eigenvalue weighted by Gasteiger charge is -2.28. The molecular weight excluding hydrogens is 535 g/mol. The van der Waals surface area contributed by atoms with Gasteiger partial charge in [-0.05, 0) is 58.7 Å². The van der Waals surface area contributed by atoms with E-state index < -0.39 is 5.60 Å². The zero-order valence-corrected chi connectivity index (χ0v) is 24.0. The topological polar surface area (TPSA) is 102 Å². The molecule has 3 heterocycles. The second-order valence-electron chi connectivity index (χ2n) is 10.7. The molecule has 4 rings (SSSR count). The van der Waals surface area contributed by atoms with E-state index in [0.29, 0.717) is 42.3 Å². The fourth-order valence-electron chi connectivity index (χ4n) is 4.51. The van der Waals surface area contributed by atoms with Gasteiger partial charge in [0.15, 0.2) is 0 Å². The Morgan fingerprint density at radius 2 is 2.08 bits per heavy atom. The number of benzene rings is 1. The van der Waals surface area contributed by atoms with Gasteiger partial charge in [-0.25, -0.2) is 9.18 Å². The van der Waals surface area contributed by atoms with Crippen molar-refractivity contribution in [1.29, 1.82) is 0 Å². The van der Waals surface area contributed by atoms with E-state index in [1.807, 2.05) is 20.8 Å². The van der Waals surface area contributed by atoms with Gasteiger partial charge >= 0.3 is 6.09 Å². The molecule has 2 aromatic rings. The highest BCUT2D eigenvalue weighted by Gasteiger charge is 2.33. The Bertz CT molecular complexity index is 1310. The minimum Gasteiger partial charge on any atom is -0.492 e. The summed E-state index contributed by atoms with van der Waals surface area (Å²) in [4.78, 5) is 31.4. The number of carbonyl (C=O) groups excluding carboxylic acids is 2. The summed E-state index contributed by atoms with van der Waals surface area (Å²) in [5.74, 6) is 0.229. The zero-order valence-electron chi connectivity index (χ0n) is 23.2. The minimum atomic E-state index is -0.573. The molecule has 0 saturated carbocycles. The molecule has 1 fully saturated rings. The number of ether oxygens (including phenoxy) is 3. The van der Waals surface area contributed by atoms with Crippen molar-refractivity contribution < 1.29 is 28.2 Å². The number of hydrogen-bond acceptors (Lipinski definition) is 7. The van der Waals surface area contributed by atoms with Gasteiger partial charge in [0.25, 0.3) is 5.91 Å². The van der Waals surface area contributed by atoms with Crippen LogP contribution in [-0.4, -0.2) is 58.2 Å². The van der Waals surface area contributed by atoms with E-state index in [-0.39, 0.29) is 47.6 Å². The van der Waals surface area contributed by atoms with Gasteiger partial charge in [-0.15, -0.1) is 0 Å². The maximum atomic E-state index is 14.0. The number of amides is 2. The Morgan fingerprint density at radius 1 is 1.27 bits per heavy atom. The van der Waals surface area contributed by atoms with Crippen LogP contribution in [0, 0.1) is 12.7 Å². The molecule has 0 unspecified atom stereocenters. The van der Waals surface area contributed by atoms with Gasteiger partial charge < -0.3 is 29.7 Å². The molecule has 0 radical (unpaired) electrons.